The van der Waals surface area contributed by atoms with Gasteiger partial charge in [-0.2, -0.15) is 0 Å². The molecule has 0 aliphatic heterocycles. The Kier molecular flexibility index (Phi) is 5.82. The monoisotopic (exact) mass is 252 g/mol. The van der Waals surface area contributed by atoms with Crippen molar-refractivity contribution in [2.24, 2.45) is 7.05 Å². The minimum absolute atomic E-state index is 0.297. The van der Waals surface area contributed by atoms with Crippen LogP contribution in [0.3, 0.4) is 0 Å². The second-order valence-corrected chi connectivity index (χ2v) is 5.50. The van der Waals surface area contributed by atoms with Gasteiger partial charge in [0.05, 0.1) is 6.04 Å². The third-order valence-electron chi connectivity index (χ3n) is 3.39. The van der Waals surface area contributed by atoms with Gasteiger partial charge in [0.1, 0.15) is 5.82 Å². The maximum absolute atomic E-state index is 4.37. The molecule has 1 rings (SSSR count). The summed E-state index contributed by atoms with van der Waals surface area (Å²) in [4.78, 5) is 6.87. The van der Waals surface area contributed by atoms with Crippen molar-refractivity contribution in [3.05, 3.63) is 18.2 Å². The number of aromatic nitrogens is 2. The molecule has 1 aromatic heterocycles. The molecular weight excluding hydrogens is 224 g/mol. The summed E-state index contributed by atoms with van der Waals surface area (Å²) in [6.07, 6.45) is 3.84. The third kappa shape index (κ3) is 4.10. The number of nitrogens with zero attached hydrogens (tertiary/aromatic N) is 3. The summed E-state index contributed by atoms with van der Waals surface area (Å²) in [5.74, 6) is 1.09. The lowest BCUT2D eigenvalue weighted by atomic mass is 10.2. The van der Waals surface area contributed by atoms with Crippen molar-refractivity contribution in [2.75, 3.05) is 13.1 Å². The standard InChI is InChI=1S/C14H28N4/c1-11(2)18(12(3)4)10-8-15-13(5)14-16-7-9-17(14)6/h7,9,11-13,15H,8,10H2,1-6H3. The van der Waals surface area contributed by atoms with Gasteiger partial charge in [-0.15, -0.1) is 0 Å². The van der Waals surface area contributed by atoms with Gasteiger partial charge in [0, 0.05) is 44.6 Å². The zero-order chi connectivity index (χ0) is 13.7. The van der Waals surface area contributed by atoms with Crippen LogP contribution in [-0.2, 0) is 7.05 Å². The fourth-order valence-corrected chi connectivity index (χ4v) is 2.41. The van der Waals surface area contributed by atoms with E-state index in [1.54, 1.807) is 0 Å². The first-order chi connectivity index (χ1) is 8.43. The molecule has 104 valence electrons. The Labute approximate surface area is 111 Å². The van der Waals surface area contributed by atoms with Crippen molar-refractivity contribution in [1.82, 2.24) is 19.8 Å². The van der Waals surface area contributed by atoms with Gasteiger partial charge in [0.15, 0.2) is 0 Å². The largest absolute Gasteiger partial charge is 0.337 e. The van der Waals surface area contributed by atoms with Crippen molar-refractivity contribution < 1.29 is 0 Å². The summed E-state index contributed by atoms with van der Waals surface area (Å²) in [7, 11) is 2.04. The lowest BCUT2D eigenvalue weighted by Gasteiger charge is -2.31. The van der Waals surface area contributed by atoms with Crippen LogP contribution in [0.5, 0.6) is 0 Å². The lowest BCUT2D eigenvalue weighted by molar-refractivity contribution is 0.174. The topological polar surface area (TPSA) is 33.1 Å². The van der Waals surface area contributed by atoms with Gasteiger partial charge in [-0.05, 0) is 34.6 Å². The van der Waals surface area contributed by atoms with E-state index < -0.39 is 0 Å². The highest BCUT2D eigenvalue weighted by Crippen LogP contribution is 2.08. The molecule has 1 aromatic rings. The molecule has 0 radical (unpaired) electrons. The molecule has 0 saturated heterocycles. The van der Waals surface area contributed by atoms with Crippen molar-refractivity contribution in [2.45, 2.75) is 52.7 Å². The van der Waals surface area contributed by atoms with Crippen LogP contribution in [0.15, 0.2) is 12.4 Å². The molecule has 1 atom stereocenters. The Bertz CT molecular complexity index is 335. The molecule has 1 heterocycles. The SMILES string of the molecule is CC(NCCN(C(C)C)C(C)C)c1nccn1C. The molecule has 0 aromatic carbocycles. The second-order valence-electron chi connectivity index (χ2n) is 5.50. The molecule has 4 heteroatoms. The van der Waals surface area contributed by atoms with Crippen LogP contribution < -0.4 is 5.32 Å². The van der Waals surface area contributed by atoms with Gasteiger partial charge < -0.3 is 9.88 Å². The van der Waals surface area contributed by atoms with Crippen molar-refractivity contribution >= 4 is 0 Å². The maximum Gasteiger partial charge on any atom is 0.125 e. The highest BCUT2D eigenvalue weighted by molar-refractivity contribution is 4.96. The Morgan fingerprint density at radius 2 is 1.83 bits per heavy atom. The van der Waals surface area contributed by atoms with Crippen LogP contribution >= 0.6 is 0 Å². The lowest BCUT2D eigenvalue weighted by Crippen LogP contribution is -2.42. The van der Waals surface area contributed by atoms with Gasteiger partial charge >= 0.3 is 0 Å². The van der Waals surface area contributed by atoms with Crippen molar-refractivity contribution in [3.8, 4) is 0 Å². The molecule has 0 aliphatic rings. The van der Waals surface area contributed by atoms with E-state index in [2.05, 4.69) is 54.4 Å². The average Bonchev–Trinajstić information content (AvgIpc) is 2.69. The molecule has 0 bridgehead atoms. The summed E-state index contributed by atoms with van der Waals surface area (Å²) >= 11 is 0. The minimum Gasteiger partial charge on any atom is -0.337 e. The summed E-state index contributed by atoms with van der Waals surface area (Å²) in [6.45, 7) is 13.2. The summed E-state index contributed by atoms with van der Waals surface area (Å²) in [5.41, 5.74) is 0. The number of hydrogen-bond donors (Lipinski definition) is 1. The van der Waals surface area contributed by atoms with Crippen LogP contribution in [0.2, 0.25) is 0 Å². The van der Waals surface area contributed by atoms with Crippen molar-refractivity contribution in [3.63, 3.8) is 0 Å². The molecule has 0 spiro atoms. The molecule has 18 heavy (non-hydrogen) atoms. The fraction of sp³-hybridized carbons (Fsp3) is 0.786. The zero-order valence-electron chi connectivity index (χ0n) is 12.6. The number of rotatable bonds is 7. The number of imidazole rings is 1. The van der Waals surface area contributed by atoms with Gasteiger partial charge in [0.25, 0.3) is 0 Å². The smallest absolute Gasteiger partial charge is 0.125 e. The van der Waals surface area contributed by atoms with E-state index in [1.165, 1.54) is 0 Å². The van der Waals surface area contributed by atoms with Crippen LogP contribution in [0.4, 0.5) is 0 Å². The van der Waals surface area contributed by atoms with Gasteiger partial charge in [-0.25, -0.2) is 4.98 Å². The first kappa shape index (κ1) is 15.2. The minimum atomic E-state index is 0.297. The van der Waals surface area contributed by atoms with Crippen LogP contribution in [0.25, 0.3) is 0 Å². The summed E-state index contributed by atoms with van der Waals surface area (Å²) in [6, 6.07) is 1.48. The normalized spacial score (nSPS) is 13.8. The number of nitrogens with one attached hydrogen (secondary N) is 1. The maximum atomic E-state index is 4.37. The van der Waals surface area contributed by atoms with E-state index in [-0.39, 0.29) is 0 Å². The quantitative estimate of drug-likeness (QED) is 0.807. The molecule has 0 amide bonds. The molecule has 1 unspecified atom stereocenters. The van der Waals surface area contributed by atoms with E-state index in [1.807, 2.05) is 19.4 Å². The Morgan fingerprint density at radius 1 is 1.22 bits per heavy atom. The molecular formula is C14H28N4. The fourth-order valence-electron chi connectivity index (χ4n) is 2.41. The molecule has 4 nitrogen and oxygen atoms in total. The summed E-state index contributed by atoms with van der Waals surface area (Å²) in [5, 5.41) is 3.54. The Morgan fingerprint density at radius 3 is 2.28 bits per heavy atom. The average molecular weight is 252 g/mol. The van der Waals surface area contributed by atoms with Gasteiger partial charge in [-0.1, -0.05) is 0 Å². The predicted molar refractivity (Wildman–Crippen MR) is 76.6 cm³/mol. The van der Waals surface area contributed by atoms with Gasteiger partial charge in [-0.3, -0.25) is 4.90 Å². The van der Waals surface area contributed by atoms with Crippen LogP contribution in [-0.4, -0.2) is 39.6 Å². The van der Waals surface area contributed by atoms with Crippen LogP contribution in [0, 0.1) is 0 Å². The van der Waals surface area contributed by atoms with Crippen LogP contribution in [0.1, 0.15) is 46.5 Å². The second kappa shape index (κ2) is 6.90. The van der Waals surface area contributed by atoms with E-state index in [0.29, 0.717) is 18.1 Å². The third-order valence-corrected chi connectivity index (χ3v) is 3.39. The van der Waals surface area contributed by atoms with E-state index in [4.69, 9.17) is 0 Å². The van der Waals surface area contributed by atoms with E-state index in [0.717, 1.165) is 18.9 Å². The number of aryl methyl sites for hydroxylation is 1. The molecule has 0 aliphatic carbocycles. The molecule has 0 fully saturated rings. The highest BCUT2D eigenvalue weighted by Gasteiger charge is 2.14. The molecule has 0 saturated carbocycles. The van der Waals surface area contributed by atoms with Crippen molar-refractivity contribution in [1.29, 1.82) is 0 Å². The van der Waals surface area contributed by atoms with E-state index >= 15 is 0 Å². The highest BCUT2D eigenvalue weighted by atomic mass is 15.2. The first-order valence-corrected chi connectivity index (χ1v) is 6.89. The Hall–Kier alpha value is -0.870. The first-order valence-electron chi connectivity index (χ1n) is 6.89. The predicted octanol–water partition coefficient (Wildman–Crippen LogP) is 2.19. The Balaban J connectivity index is 2.39. The summed E-state index contributed by atoms with van der Waals surface area (Å²) < 4.78 is 2.07. The number of hydrogen-bond acceptors (Lipinski definition) is 3. The molecule has 1 N–H and O–H groups in total. The van der Waals surface area contributed by atoms with Gasteiger partial charge in [0.2, 0.25) is 0 Å². The zero-order valence-corrected chi connectivity index (χ0v) is 12.6. The van der Waals surface area contributed by atoms with E-state index in [9.17, 15) is 0 Å².